The van der Waals surface area contributed by atoms with E-state index in [9.17, 15) is 4.79 Å². The molecule has 0 spiro atoms. The number of anilines is 1. The van der Waals surface area contributed by atoms with Gasteiger partial charge in [0.15, 0.2) is 5.16 Å². The van der Waals surface area contributed by atoms with Gasteiger partial charge in [-0.3, -0.25) is 0 Å². The molecule has 1 aromatic heterocycles. The third-order valence-corrected chi connectivity index (χ3v) is 7.28. The van der Waals surface area contributed by atoms with Gasteiger partial charge in [-0.05, 0) is 73.2 Å². The number of hydrogen-bond acceptors (Lipinski definition) is 5. The summed E-state index contributed by atoms with van der Waals surface area (Å²) in [5.41, 5.74) is 4.78. The van der Waals surface area contributed by atoms with Gasteiger partial charge < -0.3 is 24.7 Å². The fraction of sp³-hybridized carbons (Fsp3) is 0.241. The molecule has 0 aliphatic rings. The second-order valence-corrected chi connectivity index (χ2v) is 10.4. The number of amides is 2. The number of carbonyl (C=O) groups is 1. The lowest BCUT2D eigenvalue weighted by molar-refractivity contribution is 0.252. The van der Waals surface area contributed by atoms with Crippen LogP contribution in [0.1, 0.15) is 13.3 Å². The van der Waals surface area contributed by atoms with Gasteiger partial charge >= 0.3 is 6.03 Å². The maximum Gasteiger partial charge on any atom is 0.319 e. The van der Waals surface area contributed by atoms with Crippen LogP contribution in [-0.4, -0.2) is 42.1 Å². The largest absolute Gasteiger partial charge is 0.497 e. The monoisotopic (exact) mass is 594 g/mol. The van der Waals surface area contributed by atoms with E-state index >= 15 is 0 Å². The number of hydrogen-bond donors (Lipinski definition) is 2. The van der Waals surface area contributed by atoms with Crippen LogP contribution in [0.4, 0.5) is 10.5 Å². The van der Waals surface area contributed by atoms with Crippen molar-refractivity contribution in [3.05, 3.63) is 77.3 Å². The van der Waals surface area contributed by atoms with Gasteiger partial charge in [0.1, 0.15) is 11.5 Å². The number of thioether (sulfide) groups is 1. The van der Waals surface area contributed by atoms with Crippen molar-refractivity contribution in [2.24, 2.45) is 0 Å². The molecule has 3 aromatic carbocycles. The summed E-state index contributed by atoms with van der Waals surface area (Å²) in [5.74, 6) is 2.29. The first kappa shape index (κ1) is 27.6. The molecule has 4 rings (SSSR count). The first-order chi connectivity index (χ1) is 18.5. The average molecular weight is 596 g/mol. The number of urea groups is 1. The highest BCUT2D eigenvalue weighted by Crippen LogP contribution is 2.37. The SMILES string of the molecule is CCCn1c(SCCNC(=O)Nc2cccc(Br)c2)nc(-c2ccc(OC)cc2)c1-c1ccc(OC)cc1. The first-order valence-electron chi connectivity index (χ1n) is 12.3. The van der Waals surface area contributed by atoms with Crippen LogP contribution in [0.25, 0.3) is 22.5 Å². The lowest BCUT2D eigenvalue weighted by Crippen LogP contribution is -2.30. The predicted molar refractivity (Wildman–Crippen MR) is 158 cm³/mol. The molecular formula is C29H31BrN4O3S. The van der Waals surface area contributed by atoms with E-state index < -0.39 is 0 Å². The molecule has 0 saturated carbocycles. The highest BCUT2D eigenvalue weighted by molar-refractivity contribution is 9.10. The third-order valence-electron chi connectivity index (χ3n) is 5.81. The fourth-order valence-electron chi connectivity index (χ4n) is 4.01. The van der Waals surface area contributed by atoms with Crippen molar-refractivity contribution in [3.8, 4) is 34.0 Å². The van der Waals surface area contributed by atoms with Gasteiger partial charge in [0.25, 0.3) is 0 Å². The van der Waals surface area contributed by atoms with E-state index in [0.717, 1.165) is 62.3 Å². The van der Waals surface area contributed by atoms with Gasteiger partial charge in [-0.15, -0.1) is 0 Å². The maximum absolute atomic E-state index is 12.3. The van der Waals surface area contributed by atoms with E-state index in [4.69, 9.17) is 14.5 Å². The molecule has 0 radical (unpaired) electrons. The van der Waals surface area contributed by atoms with Crippen LogP contribution in [0.15, 0.2) is 82.4 Å². The number of imidazole rings is 1. The number of nitrogens with one attached hydrogen (secondary N) is 2. The lowest BCUT2D eigenvalue weighted by Gasteiger charge is -2.13. The quantitative estimate of drug-likeness (QED) is 0.140. The smallest absolute Gasteiger partial charge is 0.319 e. The first-order valence-corrected chi connectivity index (χ1v) is 14.1. The molecule has 2 N–H and O–H groups in total. The zero-order valence-electron chi connectivity index (χ0n) is 21.7. The van der Waals surface area contributed by atoms with Gasteiger partial charge in [-0.2, -0.15) is 0 Å². The zero-order valence-corrected chi connectivity index (χ0v) is 24.1. The Bertz CT molecular complexity index is 1360. The van der Waals surface area contributed by atoms with Crippen molar-refractivity contribution in [2.45, 2.75) is 25.0 Å². The molecule has 7 nitrogen and oxygen atoms in total. The van der Waals surface area contributed by atoms with E-state index in [1.54, 1.807) is 26.0 Å². The highest BCUT2D eigenvalue weighted by atomic mass is 79.9. The predicted octanol–water partition coefficient (Wildman–Crippen LogP) is 7.32. The standard InChI is InChI=1S/C29H31BrN4O3S/c1-4-17-34-27(21-10-14-25(37-3)15-11-21)26(20-8-12-24(36-2)13-9-20)33-29(34)38-18-16-31-28(35)32-23-7-5-6-22(30)19-23/h5-15,19H,4,16-18H2,1-3H3,(H2,31,32,35). The summed E-state index contributed by atoms with van der Waals surface area (Å²) in [6, 6.07) is 23.3. The Kier molecular flexibility index (Phi) is 9.73. The average Bonchev–Trinajstić information content (AvgIpc) is 3.29. The van der Waals surface area contributed by atoms with Crippen molar-refractivity contribution in [1.29, 1.82) is 0 Å². The molecule has 0 bridgehead atoms. The van der Waals surface area contributed by atoms with E-state index in [-0.39, 0.29) is 6.03 Å². The number of nitrogens with zero attached hydrogens (tertiary/aromatic N) is 2. The topological polar surface area (TPSA) is 77.4 Å². The summed E-state index contributed by atoms with van der Waals surface area (Å²) in [7, 11) is 3.33. The van der Waals surface area contributed by atoms with Crippen LogP contribution < -0.4 is 20.1 Å². The number of benzene rings is 3. The van der Waals surface area contributed by atoms with Crippen LogP contribution in [0.5, 0.6) is 11.5 Å². The molecular weight excluding hydrogens is 564 g/mol. The fourth-order valence-corrected chi connectivity index (χ4v) is 5.29. The van der Waals surface area contributed by atoms with E-state index in [0.29, 0.717) is 12.3 Å². The minimum absolute atomic E-state index is 0.238. The molecule has 2 amide bonds. The molecule has 9 heteroatoms. The van der Waals surface area contributed by atoms with Gasteiger partial charge in [-0.25, -0.2) is 9.78 Å². The van der Waals surface area contributed by atoms with E-state index in [2.05, 4.69) is 50.2 Å². The van der Waals surface area contributed by atoms with Gasteiger partial charge in [-0.1, -0.05) is 40.7 Å². The van der Waals surface area contributed by atoms with Crippen LogP contribution in [0.3, 0.4) is 0 Å². The molecule has 0 fully saturated rings. The number of methoxy groups -OCH3 is 2. The molecule has 0 atom stereocenters. The Morgan fingerprint density at radius 2 is 1.63 bits per heavy atom. The van der Waals surface area contributed by atoms with Crippen LogP contribution in [0, 0.1) is 0 Å². The van der Waals surface area contributed by atoms with Crippen LogP contribution >= 0.6 is 27.7 Å². The third kappa shape index (κ3) is 6.90. The summed E-state index contributed by atoms with van der Waals surface area (Å²) in [4.78, 5) is 17.4. The molecule has 38 heavy (non-hydrogen) atoms. The number of rotatable bonds is 11. The summed E-state index contributed by atoms with van der Waals surface area (Å²) in [6.45, 7) is 3.48. The zero-order chi connectivity index (χ0) is 26.9. The minimum atomic E-state index is -0.238. The summed E-state index contributed by atoms with van der Waals surface area (Å²) < 4.78 is 13.9. The number of ether oxygens (including phenoxy) is 2. The van der Waals surface area contributed by atoms with E-state index in [1.165, 1.54) is 0 Å². The Balaban J connectivity index is 1.56. The number of aromatic nitrogens is 2. The Morgan fingerprint density at radius 1 is 0.974 bits per heavy atom. The minimum Gasteiger partial charge on any atom is -0.497 e. The molecule has 0 aliphatic heterocycles. The van der Waals surface area contributed by atoms with Crippen molar-refractivity contribution in [3.63, 3.8) is 0 Å². The normalized spacial score (nSPS) is 10.7. The van der Waals surface area contributed by atoms with Crippen molar-refractivity contribution < 1.29 is 14.3 Å². The molecule has 4 aromatic rings. The molecule has 0 aliphatic carbocycles. The van der Waals surface area contributed by atoms with Crippen LogP contribution in [-0.2, 0) is 6.54 Å². The summed E-state index contributed by atoms with van der Waals surface area (Å²) >= 11 is 5.05. The van der Waals surface area contributed by atoms with Gasteiger partial charge in [0.2, 0.25) is 0 Å². The second-order valence-electron chi connectivity index (χ2n) is 8.44. The molecule has 0 saturated heterocycles. The van der Waals surface area contributed by atoms with Gasteiger partial charge in [0, 0.05) is 40.1 Å². The number of carbonyl (C=O) groups excluding carboxylic acids is 1. The van der Waals surface area contributed by atoms with Crippen molar-refractivity contribution >= 4 is 39.4 Å². The molecule has 198 valence electrons. The lowest BCUT2D eigenvalue weighted by atomic mass is 10.0. The Morgan fingerprint density at radius 3 is 2.24 bits per heavy atom. The number of halogens is 1. The summed E-state index contributed by atoms with van der Waals surface area (Å²) in [6.07, 6.45) is 0.961. The molecule has 0 unspecified atom stereocenters. The Labute approximate surface area is 236 Å². The second kappa shape index (κ2) is 13.4. The van der Waals surface area contributed by atoms with Gasteiger partial charge in [0.05, 0.1) is 25.6 Å². The highest BCUT2D eigenvalue weighted by Gasteiger charge is 2.20. The van der Waals surface area contributed by atoms with Crippen molar-refractivity contribution in [2.75, 3.05) is 31.8 Å². The van der Waals surface area contributed by atoms with Crippen LogP contribution in [0.2, 0.25) is 0 Å². The van der Waals surface area contributed by atoms with Crippen molar-refractivity contribution in [1.82, 2.24) is 14.9 Å². The Hall–Kier alpha value is -3.43. The summed E-state index contributed by atoms with van der Waals surface area (Å²) in [5, 5.41) is 6.70. The molecule has 1 heterocycles. The maximum atomic E-state index is 12.3. The van der Waals surface area contributed by atoms with E-state index in [1.807, 2.05) is 60.7 Å².